The van der Waals surface area contributed by atoms with Gasteiger partial charge in [0.05, 0.1) is 0 Å². The highest BCUT2D eigenvalue weighted by atomic mass is 32.2. The van der Waals surface area contributed by atoms with Gasteiger partial charge in [-0.15, -0.1) is 0 Å². The van der Waals surface area contributed by atoms with E-state index in [2.05, 4.69) is 36.4 Å². The minimum atomic E-state index is -0.862. The summed E-state index contributed by atoms with van der Waals surface area (Å²) in [6, 6.07) is 27.1. The zero-order valence-corrected chi connectivity index (χ0v) is 19.1. The van der Waals surface area contributed by atoms with E-state index in [0.29, 0.717) is 11.0 Å². The molecule has 0 radical (unpaired) electrons. The summed E-state index contributed by atoms with van der Waals surface area (Å²) in [6.45, 7) is 0. The van der Waals surface area contributed by atoms with E-state index in [1.54, 1.807) is 6.07 Å². The molecule has 3 heteroatoms. The quantitative estimate of drug-likeness (QED) is 0.435. The van der Waals surface area contributed by atoms with E-state index >= 15 is 0 Å². The fourth-order valence-corrected chi connectivity index (χ4v) is 9.38. The van der Waals surface area contributed by atoms with Crippen molar-refractivity contribution in [2.75, 3.05) is 0 Å². The number of aromatic carboxylic acids is 1. The highest BCUT2D eigenvalue weighted by molar-refractivity contribution is 7.97. The molecule has 162 valence electrons. The molecule has 4 saturated carbocycles. The molecule has 1 unspecified atom stereocenters. The molecule has 4 bridgehead atoms. The van der Waals surface area contributed by atoms with E-state index in [1.165, 1.54) is 49.0 Å². The Balaban J connectivity index is 1.41. The molecule has 4 aliphatic carbocycles. The van der Waals surface area contributed by atoms with Gasteiger partial charge in [-0.05, 0) is 104 Å². The van der Waals surface area contributed by atoms with Gasteiger partial charge in [0.2, 0.25) is 0 Å². The Kier molecular flexibility index (Phi) is 4.91. The summed E-state index contributed by atoms with van der Waals surface area (Å²) in [4.78, 5) is 15.2. The van der Waals surface area contributed by atoms with Gasteiger partial charge < -0.3 is 5.11 Å². The predicted octanol–water partition coefficient (Wildman–Crippen LogP) is 6.95. The van der Waals surface area contributed by atoms with Gasteiger partial charge in [0, 0.05) is 0 Å². The molecule has 0 amide bonds. The molecule has 4 fully saturated rings. The molecule has 3 aromatic rings. The summed E-state index contributed by atoms with van der Waals surface area (Å²) in [7, 11) is -0.448. The second-order valence-corrected chi connectivity index (χ2v) is 12.1. The van der Waals surface area contributed by atoms with Crippen LogP contribution in [0.4, 0.5) is 0 Å². The Hall–Kier alpha value is -2.52. The van der Waals surface area contributed by atoms with E-state index in [-0.39, 0.29) is 0 Å². The molecule has 4 aliphatic rings. The van der Waals surface area contributed by atoms with Crippen LogP contribution >= 0.6 is 0 Å². The Morgan fingerprint density at radius 1 is 0.719 bits per heavy atom. The molecule has 0 spiro atoms. The van der Waals surface area contributed by atoms with Crippen LogP contribution in [0.1, 0.15) is 54.4 Å². The molecular formula is C29H29O2S+. The third kappa shape index (κ3) is 3.38. The van der Waals surface area contributed by atoms with Gasteiger partial charge in [-0.3, -0.25) is 0 Å². The lowest BCUT2D eigenvalue weighted by atomic mass is 9.48. The number of hydrogen-bond donors (Lipinski definition) is 1. The molecule has 1 N–H and O–H groups in total. The highest BCUT2D eigenvalue weighted by Gasteiger charge is 2.51. The Morgan fingerprint density at radius 3 is 1.84 bits per heavy atom. The smallest absolute Gasteiger partial charge is 0.340 e. The van der Waals surface area contributed by atoms with Gasteiger partial charge in [0.15, 0.2) is 14.7 Å². The first-order chi connectivity index (χ1) is 15.6. The van der Waals surface area contributed by atoms with Gasteiger partial charge in [0.1, 0.15) is 16.5 Å². The maximum Gasteiger partial charge on any atom is 0.340 e. The van der Waals surface area contributed by atoms with Crippen molar-refractivity contribution in [2.24, 2.45) is 17.8 Å². The van der Waals surface area contributed by atoms with Crippen LogP contribution in [0.3, 0.4) is 0 Å². The van der Waals surface area contributed by atoms with Crippen molar-refractivity contribution in [3.63, 3.8) is 0 Å². The van der Waals surface area contributed by atoms with Gasteiger partial charge in [-0.1, -0.05) is 42.5 Å². The number of carbonyl (C=O) groups is 1. The second-order valence-electron chi connectivity index (χ2n) is 10.1. The summed E-state index contributed by atoms with van der Waals surface area (Å²) >= 11 is 0. The van der Waals surface area contributed by atoms with Crippen molar-refractivity contribution in [2.45, 2.75) is 58.6 Å². The fraction of sp³-hybridized carbons (Fsp3) is 0.345. The molecule has 0 aromatic heterocycles. The minimum Gasteiger partial charge on any atom is -0.478 e. The first kappa shape index (κ1) is 20.1. The average Bonchev–Trinajstić information content (AvgIpc) is 2.80. The van der Waals surface area contributed by atoms with Crippen molar-refractivity contribution < 1.29 is 9.90 Å². The molecular weight excluding hydrogens is 412 g/mol. The van der Waals surface area contributed by atoms with Crippen LogP contribution in [0.25, 0.3) is 0 Å². The lowest BCUT2D eigenvalue weighted by Gasteiger charge is -2.57. The Labute approximate surface area is 193 Å². The normalized spacial score (nSPS) is 29.1. The first-order valence-electron chi connectivity index (χ1n) is 11.8. The molecule has 3 aromatic carbocycles. The molecule has 0 aliphatic heterocycles. The van der Waals surface area contributed by atoms with Crippen LogP contribution in [0.2, 0.25) is 0 Å². The molecule has 0 saturated heterocycles. The van der Waals surface area contributed by atoms with Crippen LogP contribution in [-0.2, 0) is 16.3 Å². The third-order valence-electron chi connectivity index (χ3n) is 8.06. The summed E-state index contributed by atoms with van der Waals surface area (Å²) in [5.41, 5.74) is 2.30. The maximum absolute atomic E-state index is 12.0. The second kappa shape index (κ2) is 7.81. The van der Waals surface area contributed by atoms with E-state index < -0.39 is 16.9 Å². The third-order valence-corrected chi connectivity index (χ3v) is 10.3. The first-order valence-corrected chi connectivity index (χ1v) is 13.1. The van der Waals surface area contributed by atoms with Crippen LogP contribution in [-0.4, -0.2) is 11.1 Å². The molecule has 2 nitrogen and oxygen atoms in total. The van der Waals surface area contributed by atoms with Crippen molar-refractivity contribution in [3.8, 4) is 0 Å². The van der Waals surface area contributed by atoms with Crippen LogP contribution in [0.15, 0.2) is 93.5 Å². The van der Waals surface area contributed by atoms with Crippen molar-refractivity contribution >= 4 is 16.9 Å². The van der Waals surface area contributed by atoms with Crippen molar-refractivity contribution in [1.29, 1.82) is 0 Å². The van der Waals surface area contributed by atoms with Gasteiger partial charge in [-0.2, -0.15) is 0 Å². The van der Waals surface area contributed by atoms with Gasteiger partial charge >= 0.3 is 5.97 Å². The Morgan fingerprint density at radius 2 is 1.25 bits per heavy atom. The predicted molar refractivity (Wildman–Crippen MR) is 128 cm³/mol. The number of carboxylic acid groups (broad SMARTS) is 1. The largest absolute Gasteiger partial charge is 0.478 e. The summed E-state index contributed by atoms with van der Waals surface area (Å²) < 4.78 is 0. The molecule has 32 heavy (non-hydrogen) atoms. The summed E-state index contributed by atoms with van der Waals surface area (Å²) in [5.74, 6) is 1.94. The molecule has 0 heterocycles. The highest BCUT2D eigenvalue weighted by Crippen LogP contribution is 2.60. The lowest BCUT2D eigenvalue weighted by molar-refractivity contribution is -0.00521. The SMILES string of the molecule is O=C(O)c1ccccc1[S+](c1ccccc1)c1ccc(C23CC4CC(CC(C4)C2)C3)cc1. The maximum atomic E-state index is 12.0. The van der Waals surface area contributed by atoms with E-state index in [0.717, 1.165) is 27.5 Å². The topological polar surface area (TPSA) is 37.3 Å². The number of benzene rings is 3. The van der Waals surface area contributed by atoms with Crippen molar-refractivity contribution in [3.05, 3.63) is 90.0 Å². The van der Waals surface area contributed by atoms with Gasteiger partial charge in [0.25, 0.3) is 0 Å². The minimum absolute atomic E-state index is 0.387. The molecule has 1 atom stereocenters. The molecule has 7 rings (SSSR count). The van der Waals surface area contributed by atoms with E-state index in [1.807, 2.05) is 36.4 Å². The number of rotatable bonds is 5. The van der Waals surface area contributed by atoms with E-state index in [9.17, 15) is 9.90 Å². The van der Waals surface area contributed by atoms with E-state index in [4.69, 9.17) is 0 Å². The average molecular weight is 442 g/mol. The van der Waals surface area contributed by atoms with Gasteiger partial charge in [-0.25, -0.2) is 4.79 Å². The van der Waals surface area contributed by atoms with Crippen LogP contribution < -0.4 is 0 Å². The number of carboxylic acids is 1. The van der Waals surface area contributed by atoms with Crippen molar-refractivity contribution in [1.82, 2.24) is 0 Å². The lowest BCUT2D eigenvalue weighted by Crippen LogP contribution is -2.48. The zero-order valence-electron chi connectivity index (χ0n) is 18.2. The summed E-state index contributed by atoms with van der Waals surface area (Å²) in [5, 5.41) is 9.85. The fourth-order valence-electron chi connectivity index (χ4n) is 7.18. The summed E-state index contributed by atoms with van der Waals surface area (Å²) in [6.07, 6.45) is 8.47. The van der Waals surface area contributed by atoms with Crippen LogP contribution in [0, 0.1) is 17.8 Å². The number of hydrogen-bond acceptors (Lipinski definition) is 1. The zero-order chi connectivity index (χ0) is 21.7. The monoisotopic (exact) mass is 441 g/mol. The van der Waals surface area contributed by atoms with Crippen LogP contribution in [0.5, 0.6) is 0 Å². The Bertz CT molecular complexity index is 1100. The standard InChI is InChI=1S/C29H28O2S/c30-28(31)26-8-4-5-9-27(26)32(24-6-2-1-3-7-24)25-12-10-23(11-13-25)29-17-20-14-21(18-29)16-22(15-20)19-29/h1-13,20-22H,14-19H2/p+1.